The molecule has 1 amide bonds. The molecule has 1 fully saturated rings. The molecule has 2 atom stereocenters. The highest BCUT2D eigenvalue weighted by Crippen LogP contribution is 2.35. The maximum absolute atomic E-state index is 12.9. The van der Waals surface area contributed by atoms with Gasteiger partial charge < -0.3 is 15.0 Å². The molecule has 0 aliphatic carbocycles. The molecule has 4 rings (SSSR count). The molecule has 1 aromatic heterocycles. The van der Waals surface area contributed by atoms with Gasteiger partial charge in [-0.3, -0.25) is 4.79 Å². The first-order valence-electron chi connectivity index (χ1n) is 10.8. The Kier molecular flexibility index (Phi) is 6.43. The molecule has 8 nitrogen and oxygen atoms in total. The van der Waals surface area contributed by atoms with Gasteiger partial charge in [0.25, 0.3) is 0 Å². The monoisotopic (exact) mass is 473 g/mol. The second-order valence-corrected chi connectivity index (χ2v) is 8.32. The van der Waals surface area contributed by atoms with E-state index in [1.165, 1.54) is 0 Å². The van der Waals surface area contributed by atoms with Crippen LogP contribution < -0.4 is 10.2 Å². The molecule has 0 unspecified atom stereocenters. The van der Waals surface area contributed by atoms with E-state index in [9.17, 15) is 14.9 Å². The van der Waals surface area contributed by atoms with Gasteiger partial charge in [-0.25, -0.2) is 9.48 Å². The summed E-state index contributed by atoms with van der Waals surface area (Å²) >= 11 is 5.65. The van der Waals surface area contributed by atoms with Gasteiger partial charge in [0, 0.05) is 17.4 Å². The van der Waals surface area contributed by atoms with Crippen molar-refractivity contribution >= 4 is 34.8 Å². The molecule has 34 heavy (non-hydrogen) atoms. The van der Waals surface area contributed by atoms with E-state index in [0.717, 1.165) is 22.5 Å². The maximum atomic E-state index is 12.9. The first kappa shape index (κ1) is 23.1. The van der Waals surface area contributed by atoms with E-state index >= 15 is 0 Å². The summed E-state index contributed by atoms with van der Waals surface area (Å²) in [4.78, 5) is 27.6. The van der Waals surface area contributed by atoms with Crippen LogP contribution in [0.5, 0.6) is 0 Å². The van der Waals surface area contributed by atoms with Crippen LogP contribution in [0.4, 0.5) is 5.69 Å². The Morgan fingerprint density at radius 3 is 2.65 bits per heavy atom. The molecule has 0 radical (unpaired) electrons. The number of thiocarbonyl (C=S) groups is 1. The van der Waals surface area contributed by atoms with Crippen LogP contribution >= 0.6 is 12.2 Å². The quantitative estimate of drug-likeness (QED) is 0.445. The summed E-state index contributed by atoms with van der Waals surface area (Å²) in [5, 5.41) is 17.0. The highest BCUT2D eigenvalue weighted by atomic mass is 32.1. The number of carbonyl (C=O) groups is 2. The van der Waals surface area contributed by atoms with Crippen molar-refractivity contribution in [3.8, 4) is 11.8 Å². The SMILES string of the molecule is CCOC(=O)c1nn(-c2ccccc2)cc1[C@H]1NC(=O)[C@@H](C#N)C(=S)N1c1cc(C)ccc1C. The molecule has 9 heteroatoms. The zero-order valence-electron chi connectivity index (χ0n) is 19.0. The largest absolute Gasteiger partial charge is 0.461 e. The summed E-state index contributed by atoms with van der Waals surface area (Å²) in [7, 11) is 0. The number of nitriles is 1. The number of esters is 1. The smallest absolute Gasteiger partial charge is 0.359 e. The summed E-state index contributed by atoms with van der Waals surface area (Å²) in [6, 6.07) is 17.1. The zero-order chi connectivity index (χ0) is 24.4. The van der Waals surface area contributed by atoms with Crippen molar-refractivity contribution in [3.63, 3.8) is 0 Å². The van der Waals surface area contributed by atoms with E-state index in [4.69, 9.17) is 17.0 Å². The summed E-state index contributed by atoms with van der Waals surface area (Å²) in [5.41, 5.74) is 3.83. The molecule has 2 heterocycles. The van der Waals surface area contributed by atoms with E-state index in [1.54, 1.807) is 22.7 Å². The molecule has 3 aromatic rings. The molecule has 1 aliphatic rings. The van der Waals surface area contributed by atoms with E-state index in [1.807, 2.05) is 68.4 Å². The minimum atomic E-state index is -1.14. The lowest BCUT2D eigenvalue weighted by Gasteiger charge is -2.40. The molecule has 172 valence electrons. The highest BCUT2D eigenvalue weighted by molar-refractivity contribution is 7.80. The Balaban J connectivity index is 1.92. The van der Waals surface area contributed by atoms with Crippen molar-refractivity contribution in [2.24, 2.45) is 5.92 Å². The van der Waals surface area contributed by atoms with Gasteiger partial charge in [-0.05, 0) is 50.1 Å². The minimum absolute atomic E-state index is 0.0597. The van der Waals surface area contributed by atoms with Crippen molar-refractivity contribution in [2.45, 2.75) is 26.9 Å². The third-order valence-corrected chi connectivity index (χ3v) is 6.00. The van der Waals surface area contributed by atoms with Gasteiger partial charge in [0.05, 0.1) is 18.4 Å². The Morgan fingerprint density at radius 1 is 1.24 bits per heavy atom. The fourth-order valence-electron chi connectivity index (χ4n) is 3.89. The maximum Gasteiger partial charge on any atom is 0.359 e. The minimum Gasteiger partial charge on any atom is -0.461 e. The first-order chi connectivity index (χ1) is 16.3. The van der Waals surface area contributed by atoms with Crippen molar-refractivity contribution in [2.75, 3.05) is 11.5 Å². The second kappa shape index (κ2) is 9.45. The number of hydrogen-bond donors (Lipinski definition) is 1. The van der Waals surface area contributed by atoms with Crippen LogP contribution in [0.1, 0.15) is 40.3 Å². The fraction of sp³-hybridized carbons (Fsp3) is 0.240. The number of nitrogens with one attached hydrogen (secondary N) is 1. The number of ether oxygens (including phenoxy) is 1. The second-order valence-electron chi connectivity index (χ2n) is 7.91. The van der Waals surface area contributed by atoms with Crippen LogP contribution in [0.2, 0.25) is 0 Å². The van der Waals surface area contributed by atoms with Crippen LogP contribution in [0, 0.1) is 31.1 Å². The molecule has 0 spiro atoms. The number of nitrogens with zero attached hydrogens (tertiary/aromatic N) is 4. The van der Waals surface area contributed by atoms with E-state index in [-0.39, 0.29) is 17.3 Å². The number of aryl methyl sites for hydroxylation is 2. The predicted molar refractivity (Wildman–Crippen MR) is 131 cm³/mol. The van der Waals surface area contributed by atoms with E-state index in [0.29, 0.717) is 5.56 Å². The summed E-state index contributed by atoms with van der Waals surface area (Å²) in [6.45, 7) is 5.75. The third kappa shape index (κ3) is 4.16. The van der Waals surface area contributed by atoms with Crippen LogP contribution in [0.25, 0.3) is 5.69 Å². The van der Waals surface area contributed by atoms with E-state index < -0.39 is 24.0 Å². The average molecular weight is 474 g/mol. The number of aromatic nitrogens is 2. The lowest BCUT2D eigenvalue weighted by molar-refractivity contribution is -0.123. The van der Waals surface area contributed by atoms with Crippen molar-refractivity contribution in [1.82, 2.24) is 15.1 Å². The molecular weight excluding hydrogens is 450 g/mol. The zero-order valence-corrected chi connectivity index (χ0v) is 19.8. The summed E-state index contributed by atoms with van der Waals surface area (Å²) in [6.07, 6.45) is 0.821. The van der Waals surface area contributed by atoms with Crippen LogP contribution in [-0.2, 0) is 9.53 Å². The number of rotatable bonds is 5. The van der Waals surface area contributed by atoms with Gasteiger partial charge in [-0.15, -0.1) is 0 Å². The van der Waals surface area contributed by atoms with Gasteiger partial charge in [0.15, 0.2) is 11.6 Å². The molecule has 1 saturated heterocycles. The normalized spacial score (nSPS) is 17.8. The molecule has 0 bridgehead atoms. The van der Waals surface area contributed by atoms with Crippen LogP contribution in [0.3, 0.4) is 0 Å². The number of benzene rings is 2. The Morgan fingerprint density at radius 2 is 1.97 bits per heavy atom. The van der Waals surface area contributed by atoms with Gasteiger partial charge in [0.1, 0.15) is 11.2 Å². The number of carbonyl (C=O) groups excluding carboxylic acids is 2. The number of para-hydroxylation sites is 1. The van der Waals surface area contributed by atoms with Crippen molar-refractivity contribution in [3.05, 3.63) is 77.1 Å². The lowest BCUT2D eigenvalue weighted by Crippen LogP contribution is -2.56. The van der Waals surface area contributed by atoms with Gasteiger partial charge in [-0.2, -0.15) is 10.4 Å². The molecule has 1 N–H and O–H groups in total. The molecule has 0 saturated carbocycles. The first-order valence-corrected chi connectivity index (χ1v) is 11.2. The summed E-state index contributed by atoms with van der Waals surface area (Å²) < 4.78 is 6.82. The topological polar surface area (TPSA) is 100 Å². The fourth-order valence-corrected chi connectivity index (χ4v) is 4.25. The Bertz CT molecular complexity index is 1310. The Labute approximate surface area is 202 Å². The average Bonchev–Trinajstić information content (AvgIpc) is 3.27. The number of amides is 1. The third-order valence-electron chi connectivity index (χ3n) is 5.56. The van der Waals surface area contributed by atoms with Gasteiger partial charge in [-0.1, -0.05) is 42.5 Å². The standard InChI is InChI=1S/C25H23N5O3S/c1-4-33-25(32)21-19(14-29(28-21)17-8-6-5-7-9-17)22-27-23(31)18(13-26)24(34)30(22)20-12-15(2)10-11-16(20)3/h5-12,14,18,22H,4H2,1-3H3,(H,27,31)/t18-,22+/m1/s1. The lowest BCUT2D eigenvalue weighted by atomic mass is 9.99. The predicted octanol–water partition coefficient (Wildman–Crippen LogP) is 3.77. The number of anilines is 1. The van der Waals surface area contributed by atoms with Crippen LogP contribution in [-0.4, -0.2) is 33.3 Å². The molecule has 1 aliphatic heterocycles. The Hall–Kier alpha value is -4.03. The number of hydrogen-bond acceptors (Lipinski definition) is 6. The highest BCUT2D eigenvalue weighted by Gasteiger charge is 2.42. The van der Waals surface area contributed by atoms with E-state index in [2.05, 4.69) is 10.4 Å². The van der Waals surface area contributed by atoms with Crippen molar-refractivity contribution in [1.29, 1.82) is 5.26 Å². The van der Waals surface area contributed by atoms with Gasteiger partial charge in [0.2, 0.25) is 5.91 Å². The van der Waals surface area contributed by atoms with Crippen molar-refractivity contribution < 1.29 is 14.3 Å². The van der Waals surface area contributed by atoms with Crippen LogP contribution in [0.15, 0.2) is 54.7 Å². The molecular formula is C25H23N5O3S. The molecule has 2 aromatic carbocycles. The summed E-state index contributed by atoms with van der Waals surface area (Å²) in [5.74, 6) is -2.28. The van der Waals surface area contributed by atoms with Gasteiger partial charge >= 0.3 is 5.97 Å².